The van der Waals surface area contributed by atoms with Crippen LogP contribution in [0.1, 0.15) is 36.3 Å². The third kappa shape index (κ3) is 2.37. The Labute approximate surface area is 125 Å². The minimum atomic E-state index is -0.813. The van der Waals surface area contributed by atoms with Gasteiger partial charge in [0.05, 0.1) is 5.92 Å². The van der Waals surface area contributed by atoms with Gasteiger partial charge in [0, 0.05) is 29.8 Å². The number of aromatic nitrogens is 1. The van der Waals surface area contributed by atoms with Gasteiger partial charge >= 0.3 is 5.97 Å². The lowest BCUT2D eigenvalue weighted by atomic mass is 9.99. The number of hydrogen-bond donors (Lipinski definition) is 1. The van der Waals surface area contributed by atoms with E-state index in [-0.39, 0.29) is 11.8 Å². The second-order valence-corrected chi connectivity index (χ2v) is 6.73. The van der Waals surface area contributed by atoms with Crippen LogP contribution >= 0.6 is 15.9 Å². The fourth-order valence-electron chi connectivity index (χ4n) is 2.89. The van der Waals surface area contributed by atoms with Crippen LogP contribution < -0.4 is 0 Å². The van der Waals surface area contributed by atoms with Gasteiger partial charge in [0.15, 0.2) is 0 Å². The van der Waals surface area contributed by atoms with Gasteiger partial charge in [0.1, 0.15) is 5.69 Å². The van der Waals surface area contributed by atoms with E-state index in [9.17, 15) is 9.59 Å². The van der Waals surface area contributed by atoms with E-state index in [4.69, 9.17) is 5.11 Å². The highest BCUT2D eigenvalue weighted by Crippen LogP contribution is 2.38. The van der Waals surface area contributed by atoms with Crippen LogP contribution in [-0.4, -0.2) is 39.5 Å². The summed E-state index contributed by atoms with van der Waals surface area (Å²) in [7, 11) is 0. The molecule has 3 rings (SSSR count). The lowest BCUT2D eigenvalue weighted by molar-refractivity contribution is -0.142. The zero-order valence-corrected chi connectivity index (χ0v) is 12.8. The summed E-state index contributed by atoms with van der Waals surface area (Å²) in [5.74, 6) is -1.32. The van der Waals surface area contributed by atoms with Crippen molar-refractivity contribution in [1.82, 2.24) is 9.47 Å². The number of hydrogen-bond acceptors (Lipinski definition) is 2. The van der Waals surface area contributed by atoms with E-state index in [1.54, 1.807) is 4.90 Å². The summed E-state index contributed by atoms with van der Waals surface area (Å²) < 4.78 is 2.92. The monoisotopic (exact) mass is 340 g/mol. The minimum absolute atomic E-state index is 0.00391. The molecule has 1 N–H and O–H groups in total. The number of halogens is 1. The summed E-state index contributed by atoms with van der Waals surface area (Å²) in [6.07, 6.45) is 4.16. The molecule has 2 heterocycles. The molecule has 1 aromatic rings. The first-order valence-corrected chi connectivity index (χ1v) is 7.66. The second kappa shape index (κ2) is 4.91. The molecular formula is C14H17BrN2O3. The van der Waals surface area contributed by atoms with Crippen LogP contribution in [0.5, 0.6) is 0 Å². The van der Waals surface area contributed by atoms with Gasteiger partial charge in [-0.05, 0) is 40.8 Å². The first kappa shape index (κ1) is 13.7. The predicted molar refractivity (Wildman–Crippen MR) is 76.6 cm³/mol. The molecule has 0 radical (unpaired) electrons. The molecule has 2 aliphatic rings. The molecule has 1 amide bonds. The number of aliphatic carboxylic acids is 1. The molecule has 0 aromatic carbocycles. The number of nitrogens with zero attached hydrogens (tertiary/aromatic N) is 2. The Morgan fingerprint density at radius 2 is 2.05 bits per heavy atom. The largest absolute Gasteiger partial charge is 0.481 e. The molecule has 20 heavy (non-hydrogen) atoms. The van der Waals surface area contributed by atoms with E-state index >= 15 is 0 Å². The van der Waals surface area contributed by atoms with Crippen molar-refractivity contribution in [3.05, 3.63) is 22.4 Å². The van der Waals surface area contributed by atoms with Crippen molar-refractivity contribution in [3.63, 3.8) is 0 Å². The highest BCUT2D eigenvalue weighted by Gasteiger charge is 2.38. The van der Waals surface area contributed by atoms with Crippen LogP contribution in [0.3, 0.4) is 0 Å². The Kier molecular flexibility index (Phi) is 3.36. The summed E-state index contributed by atoms with van der Waals surface area (Å²) in [6, 6.07) is 2.26. The van der Waals surface area contributed by atoms with Gasteiger partial charge in [-0.25, -0.2) is 0 Å². The summed E-state index contributed by atoms with van der Waals surface area (Å²) in [4.78, 5) is 25.4. The van der Waals surface area contributed by atoms with Crippen LogP contribution in [0.4, 0.5) is 0 Å². The van der Waals surface area contributed by atoms with Crippen LogP contribution in [-0.2, 0) is 4.79 Å². The summed E-state index contributed by atoms with van der Waals surface area (Å²) in [6.45, 7) is 2.72. The first-order chi connectivity index (χ1) is 9.47. The number of carbonyl (C=O) groups excluding carboxylic acids is 1. The molecule has 1 saturated heterocycles. The maximum absolute atomic E-state index is 12.6. The van der Waals surface area contributed by atoms with Crippen LogP contribution in [0.25, 0.3) is 0 Å². The Hall–Kier alpha value is -1.30. The number of carboxylic acid groups (broad SMARTS) is 1. The minimum Gasteiger partial charge on any atom is -0.481 e. The first-order valence-electron chi connectivity index (χ1n) is 6.87. The summed E-state index contributed by atoms with van der Waals surface area (Å²) in [5, 5.41) is 9.16. The molecule has 2 fully saturated rings. The van der Waals surface area contributed by atoms with Crippen molar-refractivity contribution >= 4 is 27.8 Å². The fraction of sp³-hybridized carbons (Fsp3) is 0.571. The van der Waals surface area contributed by atoms with Gasteiger partial charge in [0.25, 0.3) is 5.91 Å². The number of likely N-dealkylation sites (tertiary alicyclic amines) is 1. The normalized spacial score (nSPS) is 26.0. The van der Waals surface area contributed by atoms with Gasteiger partial charge in [-0.15, -0.1) is 0 Å². The average Bonchev–Trinajstić information content (AvgIpc) is 3.05. The Morgan fingerprint density at radius 1 is 1.35 bits per heavy atom. The number of carboxylic acids is 1. The maximum atomic E-state index is 12.6. The third-order valence-electron chi connectivity index (χ3n) is 4.19. The van der Waals surface area contributed by atoms with E-state index in [1.165, 1.54) is 0 Å². The summed E-state index contributed by atoms with van der Waals surface area (Å²) >= 11 is 3.42. The lowest BCUT2D eigenvalue weighted by Gasteiger charge is -2.17. The van der Waals surface area contributed by atoms with Crippen LogP contribution in [0, 0.1) is 11.8 Å². The van der Waals surface area contributed by atoms with Crippen molar-refractivity contribution in [1.29, 1.82) is 0 Å². The van der Waals surface area contributed by atoms with Crippen molar-refractivity contribution in [2.45, 2.75) is 25.8 Å². The predicted octanol–water partition coefficient (Wildman–Crippen LogP) is 2.38. The van der Waals surface area contributed by atoms with E-state index in [1.807, 2.05) is 23.8 Å². The van der Waals surface area contributed by atoms with Gasteiger partial charge < -0.3 is 14.6 Å². The molecule has 2 atom stereocenters. The molecule has 1 aliphatic heterocycles. The topological polar surface area (TPSA) is 62.5 Å². The lowest BCUT2D eigenvalue weighted by Crippen LogP contribution is -2.31. The van der Waals surface area contributed by atoms with Crippen LogP contribution in [0.2, 0.25) is 0 Å². The molecule has 0 unspecified atom stereocenters. The number of amides is 1. The Balaban J connectivity index is 1.81. The molecule has 6 heteroatoms. The zero-order chi connectivity index (χ0) is 14.4. The fourth-order valence-corrected chi connectivity index (χ4v) is 3.33. The van der Waals surface area contributed by atoms with Crippen molar-refractivity contribution in [2.24, 2.45) is 11.8 Å². The molecule has 5 nitrogen and oxygen atoms in total. The molecular weight excluding hydrogens is 324 g/mol. The zero-order valence-electron chi connectivity index (χ0n) is 11.3. The number of carbonyl (C=O) groups is 2. The molecule has 0 spiro atoms. The van der Waals surface area contributed by atoms with E-state index in [0.29, 0.717) is 24.8 Å². The van der Waals surface area contributed by atoms with Gasteiger partial charge in [-0.1, -0.05) is 6.92 Å². The smallest absolute Gasteiger partial charge is 0.308 e. The Bertz CT molecular complexity index is 565. The maximum Gasteiger partial charge on any atom is 0.308 e. The Morgan fingerprint density at radius 3 is 2.60 bits per heavy atom. The van der Waals surface area contributed by atoms with Crippen molar-refractivity contribution < 1.29 is 14.7 Å². The third-order valence-corrected chi connectivity index (χ3v) is 4.62. The van der Waals surface area contributed by atoms with E-state index in [0.717, 1.165) is 17.3 Å². The van der Waals surface area contributed by atoms with Crippen molar-refractivity contribution in [3.8, 4) is 0 Å². The van der Waals surface area contributed by atoms with Gasteiger partial charge in [-0.2, -0.15) is 0 Å². The molecule has 108 valence electrons. The molecule has 1 aliphatic carbocycles. The van der Waals surface area contributed by atoms with Crippen molar-refractivity contribution in [2.75, 3.05) is 13.1 Å². The second-order valence-electron chi connectivity index (χ2n) is 5.81. The molecule has 1 aromatic heterocycles. The van der Waals surface area contributed by atoms with E-state index < -0.39 is 11.9 Å². The SMILES string of the molecule is C[C@@H]1CN(C(=O)c2cc(Br)cn2C2CC2)C[C@H]1C(=O)O. The molecule has 1 saturated carbocycles. The van der Waals surface area contributed by atoms with Gasteiger partial charge in [0.2, 0.25) is 0 Å². The highest BCUT2D eigenvalue weighted by molar-refractivity contribution is 9.10. The standard InChI is InChI=1S/C14H17BrN2O3/c1-8-5-16(7-11(8)14(19)20)13(18)12-4-9(15)6-17(12)10-2-3-10/h4,6,8,10-11H,2-3,5,7H2,1H3,(H,19,20)/t8-,11-/m1/s1. The number of rotatable bonds is 3. The van der Waals surface area contributed by atoms with E-state index in [2.05, 4.69) is 15.9 Å². The summed E-state index contributed by atoms with van der Waals surface area (Å²) in [5.41, 5.74) is 0.664. The average molecular weight is 341 g/mol. The van der Waals surface area contributed by atoms with Gasteiger partial charge in [-0.3, -0.25) is 9.59 Å². The molecule has 0 bridgehead atoms. The quantitative estimate of drug-likeness (QED) is 0.918. The highest BCUT2D eigenvalue weighted by atomic mass is 79.9. The van der Waals surface area contributed by atoms with Crippen LogP contribution in [0.15, 0.2) is 16.7 Å².